The largest absolute Gasteiger partial charge is 0.254 e. The first-order chi connectivity index (χ1) is 7.90. The fourth-order valence-electron chi connectivity index (χ4n) is 2.22. The summed E-state index contributed by atoms with van der Waals surface area (Å²) in [6.07, 6.45) is 14.0. The Morgan fingerprint density at radius 3 is 2.69 bits per heavy atom. The minimum atomic E-state index is -0.0376. The zero-order valence-corrected chi connectivity index (χ0v) is 9.41. The zero-order chi connectivity index (χ0) is 11.2. The molecule has 2 aliphatic rings. The molecule has 16 heavy (non-hydrogen) atoms. The van der Waals surface area contributed by atoms with Gasteiger partial charge < -0.3 is 0 Å². The van der Waals surface area contributed by atoms with Crippen LogP contribution in [0.3, 0.4) is 0 Å². The van der Waals surface area contributed by atoms with Gasteiger partial charge in [-0.2, -0.15) is 0 Å². The molecule has 3 heteroatoms. The highest BCUT2D eigenvalue weighted by Crippen LogP contribution is 2.17. The van der Waals surface area contributed by atoms with Crippen molar-refractivity contribution in [2.45, 2.75) is 44.2 Å². The monoisotopic (exact) mass is 218 g/mol. The van der Waals surface area contributed by atoms with Crippen molar-refractivity contribution >= 4 is 5.94 Å². The molecule has 0 aromatic carbocycles. The van der Waals surface area contributed by atoms with E-state index in [1.54, 1.807) is 6.08 Å². The van der Waals surface area contributed by atoms with E-state index in [1.165, 1.54) is 32.1 Å². The van der Waals surface area contributed by atoms with Gasteiger partial charge in [0.15, 0.2) is 0 Å². The molecule has 0 amide bonds. The molecule has 1 unspecified atom stereocenters. The van der Waals surface area contributed by atoms with Crippen molar-refractivity contribution in [1.29, 1.82) is 0 Å². The lowest BCUT2D eigenvalue weighted by molar-refractivity contribution is 0.329. The molecule has 0 saturated heterocycles. The first-order valence-corrected chi connectivity index (χ1v) is 6.01. The lowest BCUT2D eigenvalue weighted by Crippen LogP contribution is -2.47. The smallest absolute Gasteiger partial charge is 0.130 e. The number of allylic oxidation sites excluding steroid dienone is 2. The Morgan fingerprint density at radius 1 is 1.12 bits per heavy atom. The summed E-state index contributed by atoms with van der Waals surface area (Å²) in [5, 5.41) is 0. The highest BCUT2D eigenvalue weighted by Gasteiger charge is 2.16. The molecule has 3 nitrogen and oxygen atoms in total. The summed E-state index contributed by atoms with van der Waals surface area (Å²) < 4.78 is 0. The molecule has 2 rings (SSSR count). The second kappa shape index (κ2) is 5.80. The van der Waals surface area contributed by atoms with Crippen LogP contribution in [0.2, 0.25) is 0 Å². The fraction of sp³-hybridized carbons (Fsp3) is 0.538. The molecule has 0 aromatic heterocycles. The van der Waals surface area contributed by atoms with Gasteiger partial charge in [0.25, 0.3) is 0 Å². The lowest BCUT2D eigenvalue weighted by Gasteiger charge is -2.26. The van der Waals surface area contributed by atoms with Crippen LogP contribution in [0.25, 0.3) is 0 Å². The van der Waals surface area contributed by atoms with Crippen molar-refractivity contribution in [3.8, 4) is 0 Å². The number of carbonyl (C=O) groups excluding carboxylic acids is 1. The highest BCUT2D eigenvalue weighted by molar-refractivity contribution is 5.62. The third-order valence-electron chi connectivity index (χ3n) is 3.19. The van der Waals surface area contributed by atoms with Crippen molar-refractivity contribution in [1.82, 2.24) is 10.9 Å². The second-order valence-corrected chi connectivity index (χ2v) is 4.40. The molecular formula is C13H18N2O. The standard InChI is InChI=1S/C13H18N2O/c16-10-11-6-4-5-9-13(11)15-14-12-7-2-1-3-8-12/h4-6,9,12-15H,1-3,7-8H2. The molecular weight excluding hydrogens is 200 g/mol. The molecule has 0 aliphatic heterocycles. The minimum Gasteiger partial charge on any atom is -0.254 e. The summed E-state index contributed by atoms with van der Waals surface area (Å²) in [6.45, 7) is 0. The zero-order valence-electron chi connectivity index (χ0n) is 9.41. The van der Waals surface area contributed by atoms with E-state index in [2.05, 4.69) is 10.9 Å². The first kappa shape index (κ1) is 11.3. The Labute approximate surface area is 96.3 Å². The summed E-state index contributed by atoms with van der Waals surface area (Å²) in [4.78, 5) is 10.7. The number of hydrazine groups is 1. The van der Waals surface area contributed by atoms with Crippen LogP contribution >= 0.6 is 0 Å². The van der Waals surface area contributed by atoms with Gasteiger partial charge in [-0.1, -0.05) is 37.5 Å². The fourth-order valence-corrected chi connectivity index (χ4v) is 2.22. The Kier molecular flexibility index (Phi) is 4.11. The Bertz CT molecular complexity index is 334. The lowest BCUT2D eigenvalue weighted by atomic mass is 9.96. The van der Waals surface area contributed by atoms with Gasteiger partial charge in [0.05, 0.1) is 11.6 Å². The minimum absolute atomic E-state index is 0.0376. The van der Waals surface area contributed by atoms with Crippen molar-refractivity contribution in [2.75, 3.05) is 0 Å². The molecule has 0 spiro atoms. The van der Waals surface area contributed by atoms with Crippen LogP contribution in [0.5, 0.6) is 0 Å². The number of rotatable bonds is 3. The van der Waals surface area contributed by atoms with Crippen molar-refractivity contribution < 1.29 is 4.79 Å². The average Bonchev–Trinajstić information content (AvgIpc) is 2.38. The van der Waals surface area contributed by atoms with Gasteiger partial charge in [-0.3, -0.25) is 5.43 Å². The normalized spacial score (nSPS) is 25.8. The van der Waals surface area contributed by atoms with Gasteiger partial charge >= 0.3 is 0 Å². The predicted molar refractivity (Wildman–Crippen MR) is 64.4 cm³/mol. The van der Waals surface area contributed by atoms with E-state index in [-0.39, 0.29) is 6.04 Å². The van der Waals surface area contributed by atoms with Gasteiger partial charge in [-0.25, -0.2) is 10.2 Å². The number of nitrogens with one attached hydrogen (secondary N) is 2. The van der Waals surface area contributed by atoms with E-state index in [1.807, 2.05) is 24.2 Å². The van der Waals surface area contributed by atoms with Gasteiger partial charge in [0, 0.05) is 6.04 Å². The van der Waals surface area contributed by atoms with E-state index in [9.17, 15) is 4.79 Å². The molecule has 86 valence electrons. The maximum atomic E-state index is 10.7. The molecule has 2 N–H and O–H groups in total. The van der Waals surface area contributed by atoms with Gasteiger partial charge in [0.1, 0.15) is 5.94 Å². The van der Waals surface area contributed by atoms with Crippen LogP contribution in [-0.2, 0) is 4.79 Å². The molecule has 2 aliphatic carbocycles. The molecule has 0 radical (unpaired) electrons. The van der Waals surface area contributed by atoms with Crippen molar-refractivity contribution in [2.24, 2.45) is 0 Å². The first-order valence-electron chi connectivity index (χ1n) is 6.01. The summed E-state index contributed by atoms with van der Waals surface area (Å²) >= 11 is 0. The Hall–Kier alpha value is -1.15. The second-order valence-electron chi connectivity index (χ2n) is 4.40. The molecule has 1 saturated carbocycles. The third-order valence-corrected chi connectivity index (χ3v) is 3.19. The SMILES string of the molecule is O=C=C1C=CC=CC1NNC1CCCCC1. The van der Waals surface area contributed by atoms with Gasteiger partial charge in [-0.05, 0) is 18.9 Å². The third kappa shape index (κ3) is 2.92. The maximum Gasteiger partial charge on any atom is 0.130 e. The predicted octanol–water partition coefficient (Wildman–Crippen LogP) is 1.67. The van der Waals surface area contributed by atoms with E-state index < -0.39 is 0 Å². The Morgan fingerprint density at radius 2 is 1.94 bits per heavy atom. The molecule has 0 heterocycles. The molecule has 0 bridgehead atoms. The van der Waals surface area contributed by atoms with Crippen LogP contribution in [0.4, 0.5) is 0 Å². The van der Waals surface area contributed by atoms with Crippen LogP contribution in [-0.4, -0.2) is 18.0 Å². The van der Waals surface area contributed by atoms with Gasteiger partial charge in [0.2, 0.25) is 0 Å². The summed E-state index contributed by atoms with van der Waals surface area (Å²) in [5.74, 6) is 1.97. The maximum absolute atomic E-state index is 10.7. The van der Waals surface area contributed by atoms with Crippen LogP contribution < -0.4 is 10.9 Å². The number of hydrogen-bond acceptors (Lipinski definition) is 3. The van der Waals surface area contributed by atoms with Crippen LogP contribution in [0, 0.1) is 0 Å². The number of hydrogen-bond donors (Lipinski definition) is 2. The topological polar surface area (TPSA) is 41.1 Å². The quantitative estimate of drug-likeness (QED) is 0.559. The molecule has 0 aromatic rings. The van der Waals surface area contributed by atoms with E-state index >= 15 is 0 Å². The van der Waals surface area contributed by atoms with E-state index in [0.29, 0.717) is 11.6 Å². The Balaban J connectivity index is 1.82. The summed E-state index contributed by atoms with van der Waals surface area (Å²) in [5.41, 5.74) is 7.18. The van der Waals surface area contributed by atoms with Crippen LogP contribution in [0.1, 0.15) is 32.1 Å². The van der Waals surface area contributed by atoms with Crippen molar-refractivity contribution in [3.63, 3.8) is 0 Å². The average molecular weight is 218 g/mol. The summed E-state index contributed by atoms with van der Waals surface area (Å²) in [7, 11) is 0. The molecule has 1 atom stereocenters. The van der Waals surface area contributed by atoms with E-state index in [0.717, 1.165) is 0 Å². The van der Waals surface area contributed by atoms with E-state index in [4.69, 9.17) is 0 Å². The van der Waals surface area contributed by atoms with Crippen LogP contribution in [0.15, 0.2) is 29.9 Å². The van der Waals surface area contributed by atoms with Gasteiger partial charge in [-0.15, -0.1) is 0 Å². The van der Waals surface area contributed by atoms with Crippen molar-refractivity contribution in [3.05, 3.63) is 29.9 Å². The highest BCUT2D eigenvalue weighted by atomic mass is 16.1. The summed E-state index contributed by atoms with van der Waals surface area (Å²) in [6, 6.07) is 0.505. The molecule has 1 fully saturated rings.